The zero-order valence-corrected chi connectivity index (χ0v) is 17.0. The Morgan fingerprint density at radius 1 is 1.30 bits per heavy atom. The van der Waals surface area contributed by atoms with E-state index >= 15 is 0 Å². The van der Waals surface area contributed by atoms with Crippen molar-refractivity contribution in [3.8, 4) is 0 Å². The van der Waals surface area contributed by atoms with Crippen LogP contribution in [0.15, 0.2) is 30.5 Å². The lowest BCUT2D eigenvalue weighted by Gasteiger charge is -2.25. The van der Waals surface area contributed by atoms with E-state index in [1.165, 1.54) is 12.3 Å². The van der Waals surface area contributed by atoms with Crippen LogP contribution in [-0.2, 0) is 4.84 Å². The zero-order valence-electron chi connectivity index (χ0n) is 17.0. The molecular formula is C21H23F2N5O2. The van der Waals surface area contributed by atoms with E-state index < -0.39 is 23.1 Å². The number of halogens is 2. The number of aromatic nitrogens is 3. The molecule has 2 aromatic heterocycles. The van der Waals surface area contributed by atoms with Crippen molar-refractivity contribution in [3.05, 3.63) is 53.2 Å². The lowest BCUT2D eigenvalue weighted by atomic mass is 10.0. The zero-order chi connectivity index (χ0) is 21.5. The predicted molar refractivity (Wildman–Crippen MR) is 108 cm³/mol. The van der Waals surface area contributed by atoms with Gasteiger partial charge in [0.25, 0.3) is 5.91 Å². The number of amides is 1. The molecule has 0 bridgehead atoms. The molecule has 4 rings (SSSR count). The molecule has 0 radical (unpaired) electrons. The molecule has 0 saturated carbocycles. The molecule has 0 unspecified atom stereocenters. The van der Waals surface area contributed by atoms with E-state index in [0.717, 1.165) is 18.6 Å². The van der Waals surface area contributed by atoms with E-state index in [0.29, 0.717) is 40.9 Å². The highest BCUT2D eigenvalue weighted by atomic mass is 19.1. The average Bonchev–Trinajstić information content (AvgIpc) is 3.33. The highest BCUT2D eigenvalue weighted by Crippen LogP contribution is 2.39. The third kappa shape index (κ3) is 3.97. The van der Waals surface area contributed by atoms with Crippen LogP contribution in [0.2, 0.25) is 0 Å². The molecule has 2 N–H and O–H groups in total. The number of benzene rings is 1. The van der Waals surface area contributed by atoms with Crippen molar-refractivity contribution < 1.29 is 18.4 Å². The SMILES string of the molecule is CC(C)(C)ONC(=O)c1cnc2[nH]nc(N3CCC[C@@H]3c3cc(F)ccc3F)c2c1. The fourth-order valence-electron chi connectivity index (χ4n) is 3.61. The Hall–Kier alpha value is -3.07. The van der Waals surface area contributed by atoms with E-state index in [-0.39, 0.29) is 6.04 Å². The van der Waals surface area contributed by atoms with Gasteiger partial charge in [0, 0.05) is 18.3 Å². The fraction of sp³-hybridized carbons (Fsp3) is 0.381. The van der Waals surface area contributed by atoms with Gasteiger partial charge in [-0.05, 0) is 57.9 Å². The average molecular weight is 415 g/mol. The Kier molecular flexibility index (Phi) is 5.15. The first kappa shape index (κ1) is 20.2. The summed E-state index contributed by atoms with van der Waals surface area (Å²) >= 11 is 0. The smallest absolute Gasteiger partial charge is 0.276 e. The molecule has 3 aromatic rings. The number of hydroxylamine groups is 1. The van der Waals surface area contributed by atoms with Gasteiger partial charge in [-0.2, -0.15) is 5.10 Å². The van der Waals surface area contributed by atoms with Crippen molar-refractivity contribution in [1.82, 2.24) is 20.7 Å². The molecule has 1 atom stereocenters. The third-order valence-electron chi connectivity index (χ3n) is 4.95. The summed E-state index contributed by atoms with van der Waals surface area (Å²) in [5, 5.41) is 7.83. The number of hydrogen-bond donors (Lipinski definition) is 2. The maximum atomic E-state index is 14.4. The Morgan fingerprint density at radius 2 is 2.10 bits per heavy atom. The van der Waals surface area contributed by atoms with E-state index in [1.807, 2.05) is 25.7 Å². The predicted octanol–water partition coefficient (Wildman–Crippen LogP) is 4.04. The molecule has 0 spiro atoms. The number of nitrogens with zero attached hydrogens (tertiary/aromatic N) is 3. The normalized spacial score (nSPS) is 17.0. The first-order chi connectivity index (χ1) is 14.2. The number of anilines is 1. The van der Waals surface area contributed by atoms with Crippen LogP contribution >= 0.6 is 0 Å². The molecule has 3 heterocycles. The molecule has 1 aliphatic heterocycles. The lowest BCUT2D eigenvalue weighted by molar-refractivity contribution is -0.0589. The van der Waals surface area contributed by atoms with Gasteiger partial charge in [0.2, 0.25) is 0 Å². The van der Waals surface area contributed by atoms with Crippen LogP contribution in [0.4, 0.5) is 14.6 Å². The van der Waals surface area contributed by atoms with Crippen molar-refractivity contribution >= 4 is 22.8 Å². The Labute approximate surface area is 172 Å². The van der Waals surface area contributed by atoms with Crippen molar-refractivity contribution in [2.24, 2.45) is 0 Å². The van der Waals surface area contributed by atoms with Gasteiger partial charge in [0.15, 0.2) is 11.5 Å². The molecule has 1 fully saturated rings. The minimum Gasteiger partial charge on any atom is -0.347 e. The highest BCUT2D eigenvalue weighted by Gasteiger charge is 2.31. The maximum absolute atomic E-state index is 14.4. The van der Waals surface area contributed by atoms with Crippen LogP contribution in [0.3, 0.4) is 0 Å². The molecule has 1 saturated heterocycles. The van der Waals surface area contributed by atoms with Crippen LogP contribution in [0.25, 0.3) is 11.0 Å². The van der Waals surface area contributed by atoms with Crippen molar-refractivity contribution in [1.29, 1.82) is 0 Å². The summed E-state index contributed by atoms with van der Waals surface area (Å²) in [5.41, 5.74) is 2.99. The van der Waals surface area contributed by atoms with Gasteiger partial charge in [-0.25, -0.2) is 19.2 Å². The summed E-state index contributed by atoms with van der Waals surface area (Å²) in [6, 6.07) is 4.79. The number of pyridine rings is 1. The minimum atomic E-state index is -0.536. The van der Waals surface area contributed by atoms with Crippen LogP contribution in [-0.4, -0.2) is 33.2 Å². The monoisotopic (exact) mass is 415 g/mol. The standard InChI is InChI=1S/C21H23F2N5O2/c1-21(2,3)30-27-20(29)12-9-15-18(24-11-12)25-26-19(15)28-8-4-5-17(28)14-10-13(22)6-7-16(14)23/h6-7,9-11,17H,4-5,8H2,1-3H3,(H,27,29)(H,24,25,26)/t17-/m1/s1. The second kappa shape index (κ2) is 7.64. The minimum absolute atomic E-state index is 0.295. The van der Waals surface area contributed by atoms with Gasteiger partial charge in [0.05, 0.1) is 22.6 Å². The third-order valence-corrected chi connectivity index (χ3v) is 4.95. The van der Waals surface area contributed by atoms with E-state index in [1.54, 1.807) is 6.07 Å². The fourth-order valence-corrected chi connectivity index (χ4v) is 3.61. The molecule has 7 nitrogen and oxygen atoms in total. The number of rotatable bonds is 4. The molecule has 9 heteroatoms. The first-order valence-electron chi connectivity index (χ1n) is 9.77. The van der Waals surface area contributed by atoms with Crippen LogP contribution in [0.1, 0.15) is 55.6 Å². The molecule has 1 amide bonds. The number of nitrogens with one attached hydrogen (secondary N) is 2. The largest absolute Gasteiger partial charge is 0.347 e. The number of H-pyrrole nitrogens is 1. The number of hydrogen-bond acceptors (Lipinski definition) is 5. The maximum Gasteiger partial charge on any atom is 0.276 e. The number of carbonyl (C=O) groups is 1. The Morgan fingerprint density at radius 3 is 2.87 bits per heavy atom. The molecule has 1 aliphatic rings. The van der Waals surface area contributed by atoms with Crippen molar-refractivity contribution in [2.45, 2.75) is 45.3 Å². The quantitative estimate of drug-likeness (QED) is 0.629. The van der Waals surface area contributed by atoms with Crippen LogP contribution < -0.4 is 10.4 Å². The summed E-state index contributed by atoms with van der Waals surface area (Å²) in [5.74, 6) is -0.814. The summed E-state index contributed by atoms with van der Waals surface area (Å²) < 4.78 is 28.1. The van der Waals surface area contributed by atoms with E-state index in [2.05, 4.69) is 20.7 Å². The van der Waals surface area contributed by atoms with Crippen LogP contribution in [0, 0.1) is 11.6 Å². The summed E-state index contributed by atoms with van der Waals surface area (Å²) in [7, 11) is 0. The summed E-state index contributed by atoms with van der Waals surface area (Å²) in [4.78, 5) is 24.0. The summed E-state index contributed by atoms with van der Waals surface area (Å²) in [6.45, 7) is 6.09. The molecule has 158 valence electrons. The molecular weight excluding hydrogens is 392 g/mol. The lowest BCUT2D eigenvalue weighted by Crippen LogP contribution is -2.33. The Bertz CT molecular complexity index is 1090. The van der Waals surface area contributed by atoms with Crippen molar-refractivity contribution in [3.63, 3.8) is 0 Å². The molecule has 0 aliphatic carbocycles. The van der Waals surface area contributed by atoms with E-state index in [4.69, 9.17) is 4.84 Å². The topological polar surface area (TPSA) is 83.1 Å². The highest BCUT2D eigenvalue weighted by molar-refractivity contribution is 5.98. The van der Waals surface area contributed by atoms with Gasteiger partial charge in [0.1, 0.15) is 11.6 Å². The summed E-state index contributed by atoms with van der Waals surface area (Å²) in [6.07, 6.45) is 2.91. The van der Waals surface area contributed by atoms with Crippen molar-refractivity contribution in [2.75, 3.05) is 11.4 Å². The number of aromatic amines is 1. The first-order valence-corrected chi connectivity index (χ1v) is 9.77. The Balaban J connectivity index is 1.67. The van der Waals surface area contributed by atoms with Gasteiger partial charge in [-0.1, -0.05) is 0 Å². The van der Waals surface area contributed by atoms with Gasteiger partial charge < -0.3 is 4.90 Å². The second-order valence-corrected chi connectivity index (χ2v) is 8.33. The number of fused-ring (bicyclic) bond motifs is 1. The molecule has 30 heavy (non-hydrogen) atoms. The van der Waals surface area contributed by atoms with Gasteiger partial charge in [-0.3, -0.25) is 14.7 Å². The van der Waals surface area contributed by atoms with Gasteiger partial charge >= 0.3 is 0 Å². The van der Waals surface area contributed by atoms with Gasteiger partial charge in [-0.15, -0.1) is 0 Å². The number of carbonyl (C=O) groups excluding carboxylic acids is 1. The van der Waals surface area contributed by atoms with E-state index in [9.17, 15) is 13.6 Å². The second-order valence-electron chi connectivity index (χ2n) is 8.33. The van der Waals surface area contributed by atoms with Crippen LogP contribution in [0.5, 0.6) is 0 Å². The molecule has 1 aromatic carbocycles.